The highest BCUT2D eigenvalue weighted by molar-refractivity contribution is 5.47. The molecule has 0 bridgehead atoms. The maximum absolute atomic E-state index is 3.18. The lowest BCUT2D eigenvalue weighted by Crippen LogP contribution is -2.19. The van der Waals surface area contributed by atoms with Crippen molar-refractivity contribution in [3.63, 3.8) is 0 Å². The molecule has 0 heterocycles. The third-order valence-electron chi connectivity index (χ3n) is 3.17. The minimum absolute atomic E-state index is 0.616. The van der Waals surface area contributed by atoms with E-state index in [1.54, 1.807) is 0 Å². The predicted molar refractivity (Wildman–Crippen MR) is 77.0 cm³/mol. The molecule has 0 aliphatic carbocycles. The normalized spacial score (nSPS) is 10.9. The van der Waals surface area contributed by atoms with Crippen molar-refractivity contribution >= 4 is 5.69 Å². The van der Waals surface area contributed by atoms with E-state index in [1.165, 1.54) is 24.1 Å². The number of hydrogen-bond donors (Lipinski definition) is 1. The average Bonchev–Trinajstić information content (AvgIpc) is 2.34. The number of hydrogen-bond acceptors (Lipinski definition) is 2. The van der Waals surface area contributed by atoms with Crippen LogP contribution < -0.4 is 10.2 Å². The van der Waals surface area contributed by atoms with E-state index in [0.29, 0.717) is 5.92 Å². The molecular weight excluding hydrogens is 208 g/mol. The predicted octanol–water partition coefficient (Wildman–Crippen LogP) is 3.25. The Hall–Kier alpha value is -1.02. The molecule has 96 valence electrons. The Morgan fingerprint density at radius 2 is 1.76 bits per heavy atom. The fourth-order valence-corrected chi connectivity index (χ4v) is 1.89. The van der Waals surface area contributed by atoms with Gasteiger partial charge in [-0.25, -0.2) is 0 Å². The number of benzene rings is 1. The van der Waals surface area contributed by atoms with Gasteiger partial charge in [0.2, 0.25) is 0 Å². The highest BCUT2D eigenvalue weighted by Gasteiger charge is 2.02. The maximum Gasteiger partial charge on any atom is 0.0363 e. The van der Waals surface area contributed by atoms with Crippen LogP contribution in [0.4, 0.5) is 5.69 Å². The van der Waals surface area contributed by atoms with Crippen LogP contribution in [-0.4, -0.2) is 27.2 Å². The van der Waals surface area contributed by atoms with Gasteiger partial charge >= 0.3 is 0 Å². The molecule has 0 spiro atoms. The van der Waals surface area contributed by atoms with Crippen molar-refractivity contribution in [2.75, 3.05) is 32.1 Å². The number of anilines is 1. The summed E-state index contributed by atoms with van der Waals surface area (Å²) >= 11 is 0. The molecule has 0 atom stereocenters. The zero-order chi connectivity index (χ0) is 12.7. The summed E-state index contributed by atoms with van der Waals surface area (Å²) in [5.41, 5.74) is 2.73. The van der Waals surface area contributed by atoms with Crippen LogP contribution in [0.2, 0.25) is 0 Å². The molecule has 1 aromatic carbocycles. The zero-order valence-electron chi connectivity index (χ0n) is 11.7. The Morgan fingerprint density at radius 1 is 1.12 bits per heavy atom. The maximum atomic E-state index is 3.18. The number of unbranched alkanes of at least 4 members (excludes halogenated alkanes) is 1. The van der Waals surface area contributed by atoms with Gasteiger partial charge in [-0.05, 0) is 50.0 Å². The van der Waals surface area contributed by atoms with Gasteiger partial charge in [-0.3, -0.25) is 0 Å². The van der Waals surface area contributed by atoms with E-state index in [1.807, 2.05) is 7.05 Å². The molecule has 1 N–H and O–H groups in total. The molecule has 0 unspecified atom stereocenters. The van der Waals surface area contributed by atoms with Crippen LogP contribution in [0.15, 0.2) is 24.3 Å². The second-order valence-electron chi connectivity index (χ2n) is 4.98. The molecule has 0 saturated heterocycles. The first kappa shape index (κ1) is 14.0. The summed E-state index contributed by atoms with van der Waals surface area (Å²) < 4.78 is 0. The minimum atomic E-state index is 0.616. The van der Waals surface area contributed by atoms with Gasteiger partial charge in [-0.2, -0.15) is 0 Å². The fraction of sp³-hybridized carbons (Fsp3) is 0.600. The SMILES string of the molecule is CNCCCCN(C)c1ccc(C(C)C)cc1. The van der Waals surface area contributed by atoms with Gasteiger partial charge in [0.15, 0.2) is 0 Å². The largest absolute Gasteiger partial charge is 0.375 e. The van der Waals surface area contributed by atoms with E-state index in [2.05, 4.69) is 55.4 Å². The van der Waals surface area contributed by atoms with Crippen molar-refractivity contribution in [2.45, 2.75) is 32.6 Å². The first-order valence-electron chi connectivity index (χ1n) is 6.61. The summed E-state index contributed by atoms with van der Waals surface area (Å²) in [5.74, 6) is 0.616. The van der Waals surface area contributed by atoms with Crippen LogP contribution in [0.1, 0.15) is 38.2 Å². The summed E-state index contributed by atoms with van der Waals surface area (Å²) in [6.45, 7) is 6.70. The highest BCUT2D eigenvalue weighted by Crippen LogP contribution is 2.19. The van der Waals surface area contributed by atoms with E-state index in [9.17, 15) is 0 Å². The van der Waals surface area contributed by atoms with Gasteiger partial charge in [0, 0.05) is 19.3 Å². The molecule has 1 rings (SSSR count). The van der Waals surface area contributed by atoms with Crippen molar-refractivity contribution in [3.8, 4) is 0 Å². The van der Waals surface area contributed by atoms with Gasteiger partial charge in [-0.15, -0.1) is 0 Å². The number of nitrogens with one attached hydrogen (secondary N) is 1. The van der Waals surface area contributed by atoms with E-state index in [0.717, 1.165) is 13.1 Å². The van der Waals surface area contributed by atoms with E-state index in [4.69, 9.17) is 0 Å². The van der Waals surface area contributed by atoms with Gasteiger partial charge in [0.25, 0.3) is 0 Å². The van der Waals surface area contributed by atoms with E-state index >= 15 is 0 Å². The average molecular weight is 234 g/mol. The molecule has 0 saturated carbocycles. The topological polar surface area (TPSA) is 15.3 Å². The van der Waals surface area contributed by atoms with Crippen LogP contribution in [0.25, 0.3) is 0 Å². The molecule has 0 amide bonds. The Balaban J connectivity index is 2.43. The summed E-state index contributed by atoms with van der Waals surface area (Å²) in [6.07, 6.45) is 2.48. The van der Waals surface area contributed by atoms with Crippen LogP contribution in [0.3, 0.4) is 0 Å². The van der Waals surface area contributed by atoms with Crippen molar-refractivity contribution in [3.05, 3.63) is 29.8 Å². The lowest BCUT2D eigenvalue weighted by atomic mass is 10.0. The van der Waals surface area contributed by atoms with E-state index < -0.39 is 0 Å². The molecule has 0 aromatic heterocycles. The molecular formula is C15H26N2. The zero-order valence-corrected chi connectivity index (χ0v) is 11.7. The monoisotopic (exact) mass is 234 g/mol. The van der Waals surface area contributed by atoms with Crippen molar-refractivity contribution in [2.24, 2.45) is 0 Å². The smallest absolute Gasteiger partial charge is 0.0363 e. The molecule has 0 fully saturated rings. The summed E-state index contributed by atoms with van der Waals surface area (Å²) in [4.78, 5) is 2.33. The Morgan fingerprint density at radius 3 is 2.29 bits per heavy atom. The van der Waals surface area contributed by atoms with Crippen molar-refractivity contribution in [1.29, 1.82) is 0 Å². The Labute approximate surface area is 106 Å². The van der Waals surface area contributed by atoms with Crippen LogP contribution in [0, 0.1) is 0 Å². The van der Waals surface area contributed by atoms with Crippen molar-refractivity contribution < 1.29 is 0 Å². The lowest BCUT2D eigenvalue weighted by molar-refractivity contribution is 0.671. The molecule has 2 heteroatoms. The van der Waals surface area contributed by atoms with Crippen LogP contribution in [0.5, 0.6) is 0 Å². The van der Waals surface area contributed by atoms with Gasteiger partial charge in [0.1, 0.15) is 0 Å². The molecule has 17 heavy (non-hydrogen) atoms. The highest BCUT2D eigenvalue weighted by atomic mass is 15.1. The minimum Gasteiger partial charge on any atom is -0.375 e. The van der Waals surface area contributed by atoms with Crippen LogP contribution in [-0.2, 0) is 0 Å². The standard InChI is InChI=1S/C15H26N2/c1-13(2)14-7-9-15(10-8-14)17(4)12-6-5-11-16-3/h7-10,13,16H,5-6,11-12H2,1-4H3. The Kier molecular flexibility index (Phi) is 6.06. The van der Waals surface area contributed by atoms with E-state index in [-0.39, 0.29) is 0 Å². The van der Waals surface area contributed by atoms with Gasteiger partial charge in [-0.1, -0.05) is 26.0 Å². The van der Waals surface area contributed by atoms with Crippen molar-refractivity contribution in [1.82, 2.24) is 5.32 Å². The van der Waals surface area contributed by atoms with Crippen LogP contribution >= 0.6 is 0 Å². The number of nitrogens with zero attached hydrogens (tertiary/aromatic N) is 1. The third kappa shape index (κ3) is 4.78. The first-order valence-corrected chi connectivity index (χ1v) is 6.61. The first-order chi connectivity index (χ1) is 8.15. The summed E-state index contributed by atoms with van der Waals surface area (Å²) in [5, 5.41) is 3.18. The molecule has 2 nitrogen and oxygen atoms in total. The third-order valence-corrected chi connectivity index (χ3v) is 3.17. The number of rotatable bonds is 7. The lowest BCUT2D eigenvalue weighted by Gasteiger charge is -2.20. The quantitative estimate of drug-likeness (QED) is 0.729. The molecule has 0 aliphatic rings. The second-order valence-corrected chi connectivity index (χ2v) is 4.98. The Bertz CT molecular complexity index is 303. The summed E-state index contributed by atoms with van der Waals surface area (Å²) in [7, 11) is 4.18. The van der Waals surface area contributed by atoms with Gasteiger partial charge in [0.05, 0.1) is 0 Å². The van der Waals surface area contributed by atoms with Gasteiger partial charge < -0.3 is 10.2 Å². The molecule has 1 aromatic rings. The molecule has 0 aliphatic heterocycles. The second kappa shape index (κ2) is 7.33. The summed E-state index contributed by atoms with van der Waals surface area (Å²) in [6, 6.07) is 8.94. The molecule has 0 radical (unpaired) electrons. The fourth-order valence-electron chi connectivity index (χ4n) is 1.89.